The maximum atomic E-state index is 12.3. The Morgan fingerprint density at radius 1 is 1.24 bits per heavy atom. The van der Waals surface area contributed by atoms with Gasteiger partial charge in [-0.25, -0.2) is 9.47 Å². The van der Waals surface area contributed by atoms with Crippen LogP contribution >= 0.6 is 23.4 Å². The molecule has 0 radical (unpaired) electrons. The van der Waals surface area contributed by atoms with Gasteiger partial charge in [-0.05, 0) is 31.2 Å². The van der Waals surface area contributed by atoms with E-state index < -0.39 is 5.97 Å². The van der Waals surface area contributed by atoms with Gasteiger partial charge in [-0.1, -0.05) is 47.1 Å². The van der Waals surface area contributed by atoms with Crippen molar-refractivity contribution in [2.45, 2.75) is 12.1 Å². The summed E-state index contributed by atoms with van der Waals surface area (Å²) >= 11 is 7.12. The number of ether oxygens (including phenoxy) is 1. The van der Waals surface area contributed by atoms with E-state index >= 15 is 0 Å². The molecular formula is C19H18ClN5O3S. The summed E-state index contributed by atoms with van der Waals surface area (Å²) < 4.78 is 6.02. The Bertz CT molecular complexity index is 1070. The number of thioether (sulfide) groups is 1. The summed E-state index contributed by atoms with van der Waals surface area (Å²) in [6, 6.07) is 12.3. The van der Waals surface area contributed by atoms with Crippen molar-refractivity contribution in [1.82, 2.24) is 14.9 Å². The number of halogens is 1. The zero-order chi connectivity index (χ0) is 21.0. The Morgan fingerprint density at radius 3 is 2.76 bits per heavy atom. The third kappa shape index (κ3) is 4.87. The molecule has 0 saturated heterocycles. The average Bonchev–Trinajstić information content (AvgIpc) is 3.07. The van der Waals surface area contributed by atoms with Crippen LogP contribution in [0.25, 0.3) is 11.4 Å². The molecule has 0 bridgehead atoms. The molecule has 3 aromatic rings. The summed E-state index contributed by atoms with van der Waals surface area (Å²) in [5, 5.41) is 11.5. The molecule has 0 aliphatic heterocycles. The van der Waals surface area contributed by atoms with Crippen LogP contribution < -0.4 is 11.2 Å². The number of hydrogen-bond donors (Lipinski definition) is 2. The largest absolute Gasteiger partial charge is 0.465 e. The zero-order valence-corrected chi connectivity index (χ0v) is 17.3. The summed E-state index contributed by atoms with van der Waals surface area (Å²) in [6.45, 7) is 1.98. The van der Waals surface area contributed by atoms with Crippen LogP contribution in [0.1, 0.15) is 15.9 Å². The zero-order valence-electron chi connectivity index (χ0n) is 15.7. The number of aryl methyl sites for hydroxylation is 1. The quantitative estimate of drug-likeness (QED) is 0.350. The lowest BCUT2D eigenvalue weighted by atomic mass is 10.1. The standard InChI is InChI=1S/C19H18ClN5O3S/c1-11-4-3-5-12(8-11)17-23-24-19(25(17)21)29-10-16(26)22-13-6-7-15(20)14(9-13)18(27)28-2/h3-9H,10,21H2,1-2H3,(H,22,26). The summed E-state index contributed by atoms with van der Waals surface area (Å²) in [4.78, 5) is 24.0. The molecule has 8 nitrogen and oxygen atoms in total. The molecule has 1 amide bonds. The SMILES string of the molecule is COC(=O)c1cc(NC(=O)CSc2nnc(-c3cccc(C)c3)n2N)ccc1Cl. The van der Waals surface area contributed by atoms with E-state index in [-0.39, 0.29) is 22.2 Å². The molecule has 0 atom stereocenters. The first-order chi connectivity index (χ1) is 13.9. The fourth-order valence-corrected chi connectivity index (χ4v) is 3.40. The number of nitrogen functional groups attached to an aromatic ring is 1. The number of benzene rings is 2. The van der Waals surface area contributed by atoms with Crippen LogP contribution in [0.4, 0.5) is 5.69 Å². The Balaban J connectivity index is 1.65. The molecule has 1 heterocycles. The maximum absolute atomic E-state index is 12.3. The number of nitrogens with two attached hydrogens (primary N) is 1. The number of anilines is 1. The molecule has 150 valence electrons. The molecule has 0 spiro atoms. The number of rotatable bonds is 6. The van der Waals surface area contributed by atoms with Crippen LogP contribution in [0, 0.1) is 6.92 Å². The molecule has 0 unspecified atom stereocenters. The van der Waals surface area contributed by atoms with E-state index in [1.165, 1.54) is 23.9 Å². The second kappa shape index (κ2) is 8.97. The predicted molar refractivity (Wildman–Crippen MR) is 112 cm³/mol. The third-order valence-electron chi connectivity index (χ3n) is 3.93. The van der Waals surface area contributed by atoms with Crippen LogP contribution in [0.2, 0.25) is 5.02 Å². The Hall–Kier alpha value is -3.04. The topological polar surface area (TPSA) is 112 Å². The van der Waals surface area contributed by atoms with E-state index in [0.29, 0.717) is 16.7 Å². The monoisotopic (exact) mass is 431 g/mol. The minimum atomic E-state index is -0.583. The van der Waals surface area contributed by atoms with E-state index in [1.54, 1.807) is 6.07 Å². The van der Waals surface area contributed by atoms with Gasteiger partial charge >= 0.3 is 5.97 Å². The van der Waals surface area contributed by atoms with Crippen molar-refractivity contribution in [3.63, 3.8) is 0 Å². The number of esters is 1. The van der Waals surface area contributed by atoms with Gasteiger partial charge in [0.1, 0.15) is 0 Å². The first-order valence-electron chi connectivity index (χ1n) is 8.47. The van der Waals surface area contributed by atoms with Gasteiger partial charge in [0.25, 0.3) is 0 Å². The van der Waals surface area contributed by atoms with Crippen LogP contribution in [0.5, 0.6) is 0 Å². The highest BCUT2D eigenvalue weighted by Crippen LogP contribution is 2.24. The molecular weight excluding hydrogens is 414 g/mol. The molecule has 0 aliphatic carbocycles. The van der Waals surface area contributed by atoms with Crippen LogP contribution in [-0.2, 0) is 9.53 Å². The number of carbonyl (C=O) groups excluding carboxylic acids is 2. The molecule has 2 aromatic carbocycles. The van der Waals surface area contributed by atoms with Gasteiger partial charge in [-0.15, -0.1) is 10.2 Å². The van der Waals surface area contributed by atoms with Crippen molar-refractivity contribution >= 4 is 40.9 Å². The highest BCUT2D eigenvalue weighted by atomic mass is 35.5. The fraction of sp³-hybridized carbons (Fsp3) is 0.158. The first-order valence-corrected chi connectivity index (χ1v) is 9.83. The fourth-order valence-electron chi connectivity index (χ4n) is 2.55. The average molecular weight is 432 g/mol. The Labute approximate surface area is 176 Å². The molecule has 0 aliphatic rings. The second-order valence-electron chi connectivity index (χ2n) is 6.07. The number of nitrogens with zero attached hydrogens (tertiary/aromatic N) is 3. The van der Waals surface area contributed by atoms with Gasteiger partial charge in [0.15, 0.2) is 5.82 Å². The minimum Gasteiger partial charge on any atom is -0.465 e. The van der Waals surface area contributed by atoms with Crippen LogP contribution in [0.3, 0.4) is 0 Å². The Morgan fingerprint density at radius 2 is 2.03 bits per heavy atom. The van der Waals surface area contributed by atoms with Crippen molar-refractivity contribution in [2.75, 3.05) is 24.0 Å². The summed E-state index contributed by atoms with van der Waals surface area (Å²) in [5.74, 6) is 5.77. The maximum Gasteiger partial charge on any atom is 0.339 e. The number of carbonyl (C=O) groups is 2. The lowest BCUT2D eigenvalue weighted by molar-refractivity contribution is -0.113. The lowest BCUT2D eigenvalue weighted by Gasteiger charge is -2.08. The highest BCUT2D eigenvalue weighted by Gasteiger charge is 2.15. The molecule has 3 N–H and O–H groups in total. The van der Waals surface area contributed by atoms with Crippen molar-refractivity contribution < 1.29 is 14.3 Å². The number of aromatic nitrogens is 3. The van der Waals surface area contributed by atoms with Gasteiger partial charge in [0.05, 0.1) is 23.4 Å². The molecule has 0 fully saturated rings. The molecule has 1 aromatic heterocycles. The summed E-state index contributed by atoms with van der Waals surface area (Å²) in [6.07, 6.45) is 0. The normalized spacial score (nSPS) is 10.6. The van der Waals surface area contributed by atoms with Gasteiger partial charge < -0.3 is 15.9 Å². The molecule has 29 heavy (non-hydrogen) atoms. The lowest BCUT2D eigenvalue weighted by Crippen LogP contribution is -2.17. The van der Waals surface area contributed by atoms with Gasteiger partial charge in [0, 0.05) is 11.3 Å². The van der Waals surface area contributed by atoms with Gasteiger partial charge in [-0.3, -0.25) is 4.79 Å². The van der Waals surface area contributed by atoms with E-state index in [2.05, 4.69) is 20.3 Å². The molecule has 0 saturated carbocycles. The number of methoxy groups -OCH3 is 1. The Kier molecular flexibility index (Phi) is 6.40. The van der Waals surface area contributed by atoms with Crippen LogP contribution in [0.15, 0.2) is 47.6 Å². The van der Waals surface area contributed by atoms with Crippen LogP contribution in [-0.4, -0.2) is 39.6 Å². The third-order valence-corrected chi connectivity index (χ3v) is 5.20. The molecule has 10 heteroatoms. The first kappa shape index (κ1) is 20.7. The summed E-state index contributed by atoms with van der Waals surface area (Å²) in [7, 11) is 1.26. The highest BCUT2D eigenvalue weighted by molar-refractivity contribution is 7.99. The van der Waals surface area contributed by atoms with E-state index in [1.807, 2.05) is 31.2 Å². The van der Waals surface area contributed by atoms with Crippen molar-refractivity contribution in [3.05, 3.63) is 58.6 Å². The van der Waals surface area contributed by atoms with E-state index in [0.717, 1.165) is 22.9 Å². The van der Waals surface area contributed by atoms with Gasteiger partial charge in [-0.2, -0.15) is 0 Å². The minimum absolute atomic E-state index is 0.0549. The number of amides is 1. The summed E-state index contributed by atoms with van der Waals surface area (Å²) in [5.41, 5.74) is 2.51. The van der Waals surface area contributed by atoms with Crippen molar-refractivity contribution in [1.29, 1.82) is 0 Å². The second-order valence-corrected chi connectivity index (χ2v) is 7.42. The van der Waals surface area contributed by atoms with Gasteiger partial charge in [0.2, 0.25) is 11.1 Å². The number of nitrogens with one attached hydrogen (secondary N) is 1. The van der Waals surface area contributed by atoms with E-state index in [9.17, 15) is 9.59 Å². The predicted octanol–water partition coefficient (Wildman–Crippen LogP) is 3.14. The molecule has 3 rings (SSSR count). The number of hydrogen-bond acceptors (Lipinski definition) is 7. The van der Waals surface area contributed by atoms with Crippen molar-refractivity contribution in [3.8, 4) is 11.4 Å². The van der Waals surface area contributed by atoms with Crippen molar-refractivity contribution in [2.24, 2.45) is 0 Å². The van der Waals surface area contributed by atoms with E-state index in [4.69, 9.17) is 17.4 Å². The smallest absolute Gasteiger partial charge is 0.339 e.